The Morgan fingerprint density at radius 3 is 2.72 bits per heavy atom. The predicted molar refractivity (Wildman–Crippen MR) is 128 cm³/mol. The van der Waals surface area contributed by atoms with Gasteiger partial charge in [-0.2, -0.15) is 0 Å². The van der Waals surface area contributed by atoms with Gasteiger partial charge in [0.1, 0.15) is 5.52 Å². The highest BCUT2D eigenvalue weighted by Crippen LogP contribution is 2.32. The van der Waals surface area contributed by atoms with E-state index in [1.165, 1.54) is 6.08 Å². The van der Waals surface area contributed by atoms with Crippen LogP contribution in [0, 0.1) is 0 Å². The molecule has 2 N–H and O–H groups in total. The lowest BCUT2D eigenvalue weighted by Crippen LogP contribution is -2.07. The first-order valence-corrected chi connectivity index (χ1v) is 10.7. The van der Waals surface area contributed by atoms with Crippen molar-refractivity contribution in [1.29, 1.82) is 0 Å². The fourth-order valence-electron chi connectivity index (χ4n) is 3.11. The van der Waals surface area contributed by atoms with Crippen molar-refractivity contribution in [3.05, 3.63) is 87.4 Å². The van der Waals surface area contributed by atoms with Crippen molar-refractivity contribution in [2.75, 3.05) is 5.32 Å². The third-order valence-electron chi connectivity index (χ3n) is 4.55. The Labute approximate surface area is 196 Å². The molecule has 3 aromatic carbocycles. The molecule has 0 unspecified atom stereocenters. The van der Waals surface area contributed by atoms with Crippen LogP contribution >= 0.6 is 27.5 Å². The number of nitrogens with one attached hydrogen (secondary N) is 1. The number of hydrogen-bond donors (Lipinski definition) is 2. The van der Waals surface area contributed by atoms with Crippen molar-refractivity contribution < 1.29 is 19.1 Å². The second-order valence-corrected chi connectivity index (χ2v) is 8.29. The van der Waals surface area contributed by atoms with Gasteiger partial charge in [-0.25, -0.2) is 4.98 Å². The largest absolute Gasteiger partial charge is 0.481 e. The van der Waals surface area contributed by atoms with E-state index in [9.17, 15) is 9.59 Å². The number of oxazole rings is 1. The second kappa shape index (κ2) is 9.38. The molecule has 4 aromatic rings. The smallest absolute Gasteiger partial charge is 0.307 e. The average molecular weight is 512 g/mol. The van der Waals surface area contributed by atoms with E-state index in [4.69, 9.17) is 21.1 Å². The van der Waals surface area contributed by atoms with Crippen molar-refractivity contribution in [1.82, 2.24) is 4.98 Å². The van der Waals surface area contributed by atoms with E-state index < -0.39 is 5.97 Å². The average Bonchev–Trinajstić information content (AvgIpc) is 3.15. The zero-order valence-corrected chi connectivity index (χ0v) is 18.9. The Kier molecular flexibility index (Phi) is 6.39. The van der Waals surface area contributed by atoms with Crippen LogP contribution in [0.4, 0.5) is 5.69 Å². The Morgan fingerprint density at radius 2 is 1.97 bits per heavy atom. The molecule has 0 saturated carbocycles. The van der Waals surface area contributed by atoms with Gasteiger partial charge in [0, 0.05) is 16.2 Å². The number of carbonyl (C=O) groups is 2. The molecule has 0 bridgehead atoms. The van der Waals surface area contributed by atoms with Crippen LogP contribution in [0.5, 0.6) is 0 Å². The van der Waals surface area contributed by atoms with E-state index in [0.717, 1.165) is 10.0 Å². The topological polar surface area (TPSA) is 92.4 Å². The monoisotopic (exact) mass is 510 g/mol. The number of carbonyl (C=O) groups excluding carboxylic acids is 1. The van der Waals surface area contributed by atoms with Crippen LogP contribution in [0.2, 0.25) is 5.02 Å². The molecule has 0 spiro atoms. The Hall–Kier alpha value is -3.42. The van der Waals surface area contributed by atoms with E-state index >= 15 is 0 Å². The van der Waals surface area contributed by atoms with Gasteiger partial charge in [-0.3, -0.25) is 9.59 Å². The lowest BCUT2D eigenvalue weighted by atomic mass is 10.1. The van der Waals surface area contributed by atoms with Crippen molar-refractivity contribution in [2.45, 2.75) is 6.42 Å². The van der Waals surface area contributed by atoms with E-state index in [-0.39, 0.29) is 12.3 Å². The number of nitrogens with zero attached hydrogens (tertiary/aromatic N) is 1. The summed E-state index contributed by atoms with van der Waals surface area (Å²) in [5, 5.41) is 12.1. The number of fused-ring (bicyclic) bond motifs is 1. The van der Waals surface area contributed by atoms with Crippen LogP contribution < -0.4 is 5.32 Å². The molecule has 1 aromatic heterocycles. The minimum Gasteiger partial charge on any atom is -0.481 e. The SMILES string of the molecule is O=C(O)Cc1ccc2oc(-c3ccc(NC(=O)C=Cc4cccc(Br)c4)cc3Cl)nc2c1. The molecule has 0 fully saturated rings. The molecule has 160 valence electrons. The summed E-state index contributed by atoms with van der Waals surface area (Å²) in [5.74, 6) is -0.897. The normalized spacial score (nSPS) is 11.2. The van der Waals surface area contributed by atoms with Gasteiger partial charge in [0.2, 0.25) is 11.8 Å². The summed E-state index contributed by atoms with van der Waals surface area (Å²) in [5.41, 5.74) is 3.69. The maximum absolute atomic E-state index is 12.2. The number of carboxylic acids is 1. The molecule has 0 aliphatic heterocycles. The summed E-state index contributed by atoms with van der Waals surface area (Å²) >= 11 is 9.81. The first kappa shape index (κ1) is 21.8. The van der Waals surface area contributed by atoms with Gasteiger partial charge < -0.3 is 14.8 Å². The first-order chi connectivity index (χ1) is 15.4. The Bertz CT molecular complexity index is 1360. The number of halogens is 2. The van der Waals surface area contributed by atoms with E-state index in [2.05, 4.69) is 26.2 Å². The molecule has 0 radical (unpaired) electrons. The highest BCUT2D eigenvalue weighted by Gasteiger charge is 2.14. The molecule has 0 aliphatic rings. The Morgan fingerprint density at radius 1 is 1.12 bits per heavy atom. The van der Waals surface area contributed by atoms with Crippen molar-refractivity contribution in [3.8, 4) is 11.5 Å². The van der Waals surface area contributed by atoms with Gasteiger partial charge in [-0.15, -0.1) is 0 Å². The quantitative estimate of drug-likeness (QED) is 0.301. The summed E-state index contributed by atoms with van der Waals surface area (Å²) in [6, 6.07) is 17.7. The summed E-state index contributed by atoms with van der Waals surface area (Å²) in [6.45, 7) is 0. The zero-order valence-electron chi connectivity index (χ0n) is 16.5. The molecule has 0 atom stereocenters. The molecular formula is C24H16BrClN2O4. The van der Waals surface area contributed by atoms with Crippen molar-refractivity contribution >= 4 is 62.3 Å². The third kappa shape index (κ3) is 5.25. The van der Waals surface area contributed by atoms with Crippen molar-refractivity contribution in [2.24, 2.45) is 0 Å². The van der Waals surface area contributed by atoms with Gasteiger partial charge in [0.25, 0.3) is 0 Å². The number of aliphatic carboxylic acids is 1. The highest BCUT2D eigenvalue weighted by atomic mass is 79.9. The van der Waals surface area contributed by atoms with E-state index in [1.807, 2.05) is 24.3 Å². The van der Waals surface area contributed by atoms with Crippen LogP contribution in [-0.2, 0) is 16.0 Å². The summed E-state index contributed by atoms with van der Waals surface area (Å²) in [6.07, 6.45) is 3.06. The number of anilines is 1. The molecule has 8 heteroatoms. The predicted octanol–water partition coefficient (Wildman–Crippen LogP) is 6.19. The number of aromatic nitrogens is 1. The summed E-state index contributed by atoms with van der Waals surface area (Å²) in [7, 11) is 0. The molecule has 1 heterocycles. The molecule has 32 heavy (non-hydrogen) atoms. The number of amides is 1. The van der Waals surface area contributed by atoms with Gasteiger partial charge >= 0.3 is 5.97 Å². The molecular weight excluding hydrogens is 496 g/mol. The van der Waals surface area contributed by atoms with Crippen LogP contribution in [-0.4, -0.2) is 22.0 Å². The maximum Gasteiger partial charge on any atom is 0.307 e. The minimum atomic E-state index is -0.916. The molecule has 1 amide bonds. The number of benzene rings is 3. The Balaban J connectivity index is 1.50. The molecule has 4 rings (SSSR count). The van der Waals surface area contributed by atoms with E-state index in [1.54, 1.807) is 42.5 Å². The highest BCUT2D eigenvalue weighted by molar-refractivity contribution is 9.10. The van der Waals surface area contributed by atoms with Crippen molar-refractivity contribution in [3.63, 3.8) is 0 Å². The fourth-order valence-corrected chi connectivity index (χ4v) is 3.78. The summed E-state index contributed by atoms with van der Waals surface area (Å²) in [4.78, 5) is 27.6. The van der Waals surface area contributed by atoms with Gasteiger partial charge in [0.15, 0.2) is 5.58 Å². The van der Waals surface area contributed by atoms with Gasteiger partial charge in [-0.1, -0.05) is 45.7 Å². The lowest BCUT2D eigenvalue weighted by Gasteiger charge is -2.05. The minimum absolute atomic E-state index is 0.0940. The van der Waals surface area contributed by atoms with Gasteiger partial charge in [-0.05, 0) is 59.7 Å². The molecule has 6 nitrogen and oxygen atoms in total. The van der Waals surface area contributed by atoms with Crippen LogP contribution in [0.15, 0.2) is 75.6 Å². The molecule has 0 aliphatic carbocycles. The second-order valence-electron chi connectivity index (χ2n) is 6.96. The fraction of sp³-hybridized carbons (Fsp3) is 0.0417. The standard InChI is InChI=1S/C24H16BrClN2O4/c25-16-3-1-2-14(10-16)5-9-22(29)27-17-6-7-18(19(26)13-17)24-28-20-11-15(12-23(30)31)4-8-21(20)32-24/h1-11,13H,12H2,(H,27,29)(H,30,31). The number of carboxylic acid groups (broad SMARTS) is 1. The molecule has 0 saturated heterocycles. The van der Waals surface area contributed by atoms with Crippen LogP contribution in [0.1, 0.15) is 11.1 Å². The third-order valence-corrected chi connectivity index (χ3v) is 5.36. The lowest BCUT2D eigenvalue weighted by molar-refractivity contribution is -0.136. The first-order valence-electron chi connectivity index (χ1n) is 9.53. The van der Waals surface area contributed by atoms with Crippen LogP contribution in [0.25, 0.3) is 28.6 Å². The van der Waals surface area contributed by atoms with Gasteiger partial charge in [0.05, 0.1) is 17.0 Å². The number of rotatable bonds is 6. The zero-order chi connectivity index (χ0) is 22.7. The summed E-state index contributed by atoms with van der Waals surface area (Å²) < 4.78 is 6.70. The number of hydrogen-bond acceptors (Lipinski definition) is 4. The van der Waals surface area contributed by atoms with Crippen LogP contribution in [0.3, 0.4) is 0 Å². The van der Waals surface area contributed by atoms with E-state index in [0.29, 0.717) is 38.8 Å². The maximum atomic E-state index is 12.2.